The number of hydrogen-bond acceptors (Lipinski definition) is 2. The number of para-hydroxylation sites is 2. The summed E-state index contributed by atoms with van der Waals surface area (Å²) in [6.45, 7) is 1.33. The smallest absolute Gasteiger partial charge is 0.147 e. The van der Waals surface area contributed by atoms with Crippen molar-refractivity contribution in [2.45, 2.75) is 12.3 Å². The fourth-order valence-electron chi connectivity index (χ4n) is 2.52. The second-order valence-corrected chi connectivity index (χ2v) is 5.26. The van der Waals surface area contributed by atoms with E-state index in [1.807, 2.05) is 18.2 Å². The second-order valence-electron chi connectivity index (χ2n) is 4.85. The van der Waals surface area contributed by atoms with Crippen molar-refractivity contribution < 1.29 is 9.13 Å². The quantitative estimate of drug-likeness (QED) is 0.901. The highest BCUT2D eigenvalue weighted by Crippen LogP contribution is 2.34. The molecule has 2 nitrogen and oxygen atoms in total. The molecule has 0 radical (unpaired) electrons. The lowest BCUT2D eigenvalue weighted by Crippen LogP contribution is -2.21. The van der Waals surface area contributed by atoms with Crippen LogP contribution in [0.25, 0.3) is 0 Å². The molecule has 4 heteroatoms. The summed E-state index contributed by atoms with van der Waals surface area (Å²) in [6.07, 6.45) is 0.913. The normalized spacial score (nSPS) is 17.2. The summed E-state index contributed by atoms with van der Waals surface area (Å²) in [7, 11) is 0. The van der Waals surface area contributed by atoms with E-state index in [0.29, 0.717) is 29.8 Å². The molecule has 0 aromatic heterocycles. The fourth-order valence-corrected chi connectivity index (χ4v) is 2.75. The van der Waals surface area contributed by atoms with Gasteiger partial charge < -0.3 is 10.1 Å². The molecule has 0 amide bonds. The van der Waals surface area contributed by atoms with Crippen molar-refractivity contribution in [3.8, 4) is 5.75 Å². The van der Waals surface area contributed by atoms with Crippen molar-refractivity contribution in [2.24, 2.45) is 0 Å². The Kier molecular flexibility index (Phi) is 3.79. The fraction of sp³-hybridized carbons (Fsp3) is 0.250. The van der Waals surface area contributed by atoms with E-state index < -0.39 is 0 Å². The highest BCUT2D eigenvalue weighted by atomic mass is 35.5. The lowest BCUT2D eigenvalue weighted by molar-refractivity contribution is 0.270. The SMILES string of the molecule is Fc1cccc(Cl)c1NCC1CCOc2ccccc21. The van der Waals surface area contributed by atoms with Gasteiger partial charge in [-0.25, -0.2) is 4.39 Å². The number of benzene rings is 2. The first kappa shape index (κ1) is 13.3. The Hall–Kier alpha value is -1.74. The zero-order valence-electron chi connectivity index (χ0n) is 10.9. The van der Waals surface area contributed by atoms with Crippen molar-refractivity contribution in [1.82, 2.24) is 0 Å². The van der Waals surface area contributed by atoms with Gasteiger partial charge in [0.25, 0.3) is 0 Å². The van der Waals surface area contributed by atoms with Crippen molar-refractivity contribution in [2.75, 3.05) is 18.5 Å². The van der Waals surface area contributed by atoms with Gasteiger partial charge in [0.2, 0.25) is 0 Å². The summed E-state index contributed by atoms with van der Waals surface area (Å²) in [5, 5.41) is 3.54. The molecule has 1 aliphatic heterocycles. The molecule has 104 valence electrons. The van der Waals surface area contributed by atoms with Gasteiger partial charge in [0.15, 0.2) is 0 Å². The largest absolute Gasteiger partial charge is 0.493 e. The Labute approximate surface area is 122 Å². The maximum atomic E-state index is 13.7. The van der Waals surface area contributed by atoms with Gasteiger partial charge in [0.05, 0.1) is 17.3 Å². The molecule has 1 N–H and O–H groups in total. The molecule has 0 aliphatic carbocycles. The first-order valence-corrected chi connectivity index (χ1v) is 7.03. The topological polar surface area (TPSA) is 21.3 Å². The third kappa shape index (κ3) is 2.59. The Bertz CT molecular complexity index is 597. The molecular formula is C16H15ClFNO. The van der Waals surface area contributed by atoms with Crippen molar-refractivity contribution in [1.29, 1.82) is 0 Å². The summed E-state index contributed by atoms with van der Waals surface area (Å²) in [4.78, 5) is 0. The van der Waals surface area contributed by atoms with Crippen LogP contribution in [0, 0.1) is 5.82 Å². The molecular weight excluding hydrogens is 277 g/mol. The monoisotopic (exact) mass is 291 g/mol. The maximum absolute atomic E-state index is 13.7. The lowest BCUT2D eigenvalue weighted by Gasteiger charge is -2.26. The van der Waals surface area contributed by atoms with Gasteiger partial charge in [-0.2, -0.15) is 0 Å². The van der Waals surface area contributed by atoms with Gasteiger partial charge in [0, 0.05) is 12.5 Å². The Morgan fingerprint density at radius 2 is 2.05 bits per heavy atom. The molecule has 0 spiro atoms. The third-order valence-corrected chi connectivity index (χ3v) is 3.89. The summed E-state index contributed by atoms with van der Waals surface area (Å²) in [5.41, 5.74) is 1.54. The van der Waals surface area contributed by atoms with Gasteiger partial charge in [0.1, 0.15) is 11.6 Å². The van der Waals surface area contributed by atoms with E-state index >= 15 is 0 Å². The number of nitrogens with one attached hydrogen (secondary N) is 1. The summed E-state index contributed by atoms with van der Waals surface area (Å²) >= 11 is 6.02. The highest BCUT2D eigenvalue weighted by Gasteiger charge is 2.21. The number of rotatable bonds is 3. The molecule has 1 heterocycles. The molecule has 0 bridgehead atoms. The van der Waals surface area contributed by atoms with Gasteiger partial charge >= 0.3 is 0 Å². The first-order valence-electron chi connectivity index (χ1n) is 6.65. The van der Waals surface area contributed by atoms with E-state index in [2.05, 4.69) is 11.4 Å². The number of anilines is 1. The predicted octanol–water partition coefficient (Wildman–Crippen LogP) is 4.46. The van der Waals surface area contributed by atoms with Crippen LogP contribution in [0.2, 0.25) is 5.02 Å². The molecule has 2 aromatic carbocycles. The maximum Gasteiger partial charge on any atom is 0.147 e. The summed E-state index contributed by atoms with van der Waals surface area (Å²) < 4.78 is 19.4. The lowest BCUT2D eigenvalue weighted by atomic mass is 9.93. The Balaban J connectivity index is 1.77. The standard InChI is InChI=1S/C16H15ClFNO/c17-13-5-3-6-14(18)16(13)19-10-11-8-9-20-15-7-2-1-4-12(11)15/h1-7,11,19H,8-10H2. The van der Waals surface area contributed by atoms with Crippen LogP contribution in [0.1, 0.15) is 17.9 Å². The Morgan fingerprint density at radius 1 is 1.20 bits per heavy atom. The van der Waals surface area contributed by atoms with Crippen LogP contribution in [0.5, 0.6) is 5.75 Å². The van der Waals surface area contributed by atoms with Gasteiger partial charge in [-0.3, -0.25) is 0 Å². The van der Waals surface area contributed by atoms with E-state index in [9.17, 15) is 4.39 Å². The average Bonchev–Trinajstić information content (AvgIpc) is 2.47. The number of hydrogen-bond donors (Lipinski definition) is 1. The van der Waals surface area contributed by atoms with Gasteiger partial charge in [-0.15, -0.1) is 0 Å². The second kappa shape index (κ2) is 5.71. The molecule has 2 aromatic rings. The minimum atomic E-state index is -0.321. The average molecular weight is 292 g/mol. The van der Waals surface area contributed by atoms with E-state index in [-0.39, 0.29) is 5.82 Å². The molecule has 1 unspecified atom stereocenters. The van der Waals surface area contributed by atoms with Crippen LogP contribution in [-0.4, -0.2) is 13.2 Å². The van der Waals surface area contributed by atoms with E-state index in [1.54, 1.807) is 12.1 Å². The Morgan fingerprint density at radius 3 is 2.90 bits per heavy atom. The zero-order chi connectivity index (χ0) is 13.9. The zero-order valence-corrected chi connectivity index (χ0v) is 11.7. The highest BCUT2D eigenvalue weighted by molar-refractivity contribution is 6.33. The first-order chi connectivity index (χ1) is 9.75. The van der Waals surface area contributed by atoms with Crippen LogP contribution in [-0.2, 0) is 0 Å². The summed E-state index contributed by atoms with van der Waals surface area (Å²) in [6, 6.07) is 12.7. The van der Waals surface area contributed by atoms with Crippen LogP contribution >= 0.6 is 11.6 Å². The molecule has 3 rings (SSSR count). The van der Waals surface area contributed by atoms with Crippen LogP contribution in [0.3, 0.4) is 0 Å². The van der Waals surface area contributed by atoms with E-state index in [0.717, 1.165) is 12.2 Å². The molecule has 20 heavy (non-hydrogen) atoms. The number of fused-ring (bicyclic) bond motifs is 1. The third-order valence-electron chi connectivity index (χ3n) is 3.57. The minimum absolute atomic E-state index is 0.302. The van der Waals surface area contributed by atoms with Crippen LogP contribution in [0.4, 0.5) is 10.1 Å². The minimum Gasteiger partial charge on any atom is -0.493 e. The van der Waals surface area contributed by atoms with E-state index in [4.69, 9.17) is 16.3 Å². The van der Waals surface area contributed by atoms with Crippen molar-refractivity contribution in [3.05, 3.63) is 58.9 Å². The van der Waals surface area contributed by atoms with Gasteiger partial charge in [-0.05, 0) is 30.2 Å². The predicted molar refractivity (Wildman–Crippen MR) is 79.2 cm³/mol. The molecule has 0 fully saturated rings. The number of ether oxygens (including phenoxy) is 1. The van der Waals surface area contributed by atoms with Gasteiger partial charge in [-0.1, -0.05) is 35.9 Å². The molecule has 0 saturated heterocycles. The summed E-state index contributed by atoms with van der Waals surface area (Å²) in [5.74, 6) is 0.902. The number of halogens is 2. The van der Waals surface area contributed by atoms with Crippen LogP contribution < -0.4 is 10.1 Å². The van der Waals surface area contributed by atoms with Crippen molar-refractivity contribution in [3.63, 3.8) is 0 Å². The van der Waals surface area contributed by atoms with E-state index in [1.165, 1.54) is 11.6 Å². The molecule has 0 saturated carbocycles. The van der Waals surface area contributed by atoms with Crippen molar-refractivity contribution >= 4 is 17.3 Å². The molecule has 1 aliphatic rings. The van der Waals surface area contributed by atoms with Crippen LogP contribution in [0.15, 0.2) is 42.5 Å². The molecule has 1 atom stereocenters.